The van der Waals surface area contributed by atoms with Crippen LogP contribution in [0.2, 0.25) is 0 Å². The summed E-state index contributed by atoms with van der Waals surface area (Å²) in [5.74, 6) is -1.40. The number of halogens is 3. The van der Waals surface area contributed by atoms with E-state index in [9.17, 15) is 18.0 Å². The lowest BCUT2D eigenvalue weighted by Crippen LogP contribution is -2.20. The minimum Gasteiger partial charge on any atom is -0.494 e. The van der Waals surface area contributed by atoms with Gasteiger partial charge in [-0.25, -0.2) is 0 Å². The van der Waals surface area contributed by atoms with Crippen molar-refractivity contribution in [2.75, 3.05) is 14.2 Å². The van der Waals surface area contributed by atoms with Crippen molar-refractivity contribution in [1.29, 1.82) is 0 Å². The van der Waals surface area contributed by atoms with Gasteiger partial charge in [-0.05, 0) is 0 Å². The van der Waals surface area contributed by atoms with E-state index < -0.39 is 24.5 Å². The van der Waals surface area contributed by atoms with Crippen LogP contribution in [-0.2, 0) is 22.5 Å². The van der Waals surface area contributed by atoms with Crippen LogP contribution >= 0.6 is 0 Å². The van der Waals surface area contributed by atoms with Crippen LogP contribution in [0.3, 0.4) is 0 Å². The van der Waals surface area contributed by atoms with Crippen LogP contribution < -0.4 is 15.2 Å². The highest BCUT2D eigenvalue weighted by atomic mass is 19.4. The molecule has 0 spiro atoms. The standard InChI is InChI=1S/C11H13F3N2O4/c1-18-9(17)3-6-8(20-11(12,13)14)5-16-7(4-15)10(6)19-2/h5H,3-4,15H2,1-2H3. The van der Waals surface area contributed by atoms with Crippen LogP contribution in [0.15, 0.2) is 6.20 Å². The second kappa shape index (κ2) is 6.42. The number of nitrogens with zero attached hydrogens (tertiary/aromatic N) is 1. The van der Waals surface area contributed by atoms with Gasteiger partial charge in [-0.2, -0.15) is 0 Å². The van der Waals surface area contributed by atoms with E-state index in [0.717, 1.165) is 13.3 Å². The lowest BCUT2D eigenvalue weighted by molar-refractivity contribution is -0.275. The van der Waals surface area contributed by atoms with Crippen molar-refractivity contribution in [2.24, 2.45) is 5.73 Å². The Kier molecular flexibility index (Phi) is 5.14. The van der Waals surface area contributed by atoms with E-state index in [4.69, 9.17) is 10.5 Å². The fourth-order valence-electron chi connectivity index (χ4n) is 1.54. The summed E-state index contributed by atoms with van der Waals surface area (Å²) in [6.07, 6.45) is -4.53. The van der Waals surface area contributed by atoms with Crippen LogP contribution in [0, 0.1) is 0 Å². The minimum atomic E-state index is -4.91. The maximum Gasteiger partial charge on any atom is 0.573 e. The van der Waals surface area contributed by atoms with E-state index in [1.165, 1.54) is 7.11 Å². The number of methoxy groups -OCH3 is 2. The zero-order valence-electron chi connectivity index (χ0n) is 10.8. The van der Waals surface area contributed by atoms with Gasteiger partial charge in [-0.3, -0.25) is 9.78 Å². The molecule has 0 aliphatic carbocycles. The summed E-state index contributed by atoms with van der Waals surface area (Å²) in [6.45, 7) is -0.0658. The molecule has 6 nitrogen and oxygen atoms in total. The van der Waals surface area contributed by atoms with Crippen molar-refractivity contribution in [3.63, 3.8) is 0 Å². The molecular weight excluding hydrogens is 281 g/mol. The number of hydrogen-bond acceptors (Lipinski definition) is 6. The smallest absolute Gasteiger partial charge is 0.494 e. The van der Waals surface area contributed by atoms with Crippen molar-refractivity contribution in [2.45, 2.75) is 19.3 Å². The Morgan fingerprint density at radius 3 is 2.50 bits per heavy atom. The Morgan fingerprint density at radius 1 is 1.40 bits per heavy atom. The first-order chi connectivity index (χ1) is 9.32. The van der Waals surface area contributed by atoms with E-state index >= 15 is 0 Å². The number of esters is 1. The highest BCUT2D eigenvalue weighted by Crippen LogP contribution is 2.34. The lowest BCUT2D eigenvalue weighted by Gasteiger charge is -2.17. The van der Waals surface area contributed by atoms with Gasteiger partial charge in [-0.1, -0.05) is 0 Å². The molecule has 0 saturated carbocycles. The van der Waals surface area contributed by atoms with Gasteiger partial charge in [0.25, 0.3) is 0 Å². The maximum atomic E-state index is 12.3. The number of hydrogen-bond donors (Lipinski definition) is 1. The van der Waals surface area contributed by atoms with Gasteiger partial charge >= 0.3 is 12.3 Å². The zero-order chi connectivity index (χ0) is 15.3. The summed E-state index contributed by atoms with van der Waals surface area (Å²) < 4.78 is 50.2. The molecule has 1 aromatic rings. The molecule has 1 heterocycles. The van der Waals surface area contributed by atoms with Crippen molar-refractivity contribution >= 4 is 5.97 Å². The third-order valence-electron chi connectivity index (χ3n) is 2.34. The molecule has 0 saturated heterocycles. The fourth-order valence-corrected chi connectivity index (χ4v) is 1.54. The topological polar surface area (TPSA) is 83.7 Å². The van der Waals surface area contributed by atoms with Crippen LogP contribution in [0.1, 0.15) is 11.3 Å². The van der Waals surface area contributed by atoms with E-state index in [0.29, 0.717) is 0 Å². The molecule has 0 aromatic carbocycles. The number of alkyl halides is 3. The predicted molar refractivity (Wildman–Crippen MR) is 61.1 cm³/mol. The molecule has 0 unspecified atom stereocenters. The SMILES string of the molecule is COC(=O)Cc1c(OC(F)(F)F)cnc(CN)c1OC. The summed E-state index contributed by atoms with van der Waals surface area (Å²) in [5.41, 5.74) is 5.50. The van der Waals surface area contributed by atoms with Gasteiger partial charge in [0.2, 0.25) is 0 Å². The molecule has 0 aliphatic heterocycles. The lowest BCUT2D eigenvalue weighted by atomic mass is 10.1. The van der Waals surface area contributed by atoms with Gasteiger partial charge in [0.1, 0.15) is 5.75 Å². The average molecular weight is 294 g/mol. The first-order valence-electron chi connectivity index (χ1n) is 5.39. The molecule has 0 bridgehead atoms. The van der Waals surface area contributed by atoms with Crippen LogP contribution in [-0.4, -0.2) is 31.5 Å². The Balaban J connectivity index is 3.31. The number of carbonyl (C=O) groups excluding carboxylic acids is 1. The van der Waals surface area contributed by atoms with Gasteiger partial charge in [-0.15, -0.1) is 13.2 Å². The number of nitrogens with two attached hydrogens (primary N) is 1. The molecule has 0 atom stereocenters. The van der Waals surface area contributed by atoms with Gasteiger partial charge in [0, 0.05) is 6.54 Å². The summed E-state index contributed by atoms with van der Waals surface area (Å²) in [4.78, 5) is 15.0. The monoisotopic (exact) mass is 294 g/mol. The Labute approximate surface area is 112 Å². The van der Waals surface area contributed by atoms with Crippen molar-refractivity contribution in [1.82, 2.24) is 4.98 Å². The van der Waals surface area contributed by atoms with E-state index in [1.807, 2.05) is 0 Å². The molecule has 20 heavy (non-hydrogen) atoms. The van der Waals surface area contributed by atoms with Crippen molar-refractivity contribution in [3.05, 3.63) is 17.5 Å². The molecular formula is C11H13F3N2O4. The molecule has 2 N–H and O–H groups in total. The first-order valence-corrected chi connectivity index (χ1v) is 5.39. The van der Waals surface area contributed by atoms with Crippen LogP contribution in [0.5, 0.6) is 11.5 Å². The Hall–Kier alpha value is -2.03. The van der Waals surface area contributed by atoms with Gasteiger partial charge in [0.15, 0.2) is 5.75 Å². The number of carbonyl (C=O) groups is 1. The summed E-state index contributed by atoms with van der Waals surface area (Å²) >= 11 is 0. The van der Waals surface area contributed by atoms with Crippen molar-refractivity contribution < 1.29 is 32.2 Å². The van der Waals surface area contributed by atoms with Gasteiger partial charge < -0.3 is 19.9 Å². The molecule has 9 heteroatoms. The highest BCUT2D eigenvalue weighted by Gasteiger charge is 2.33. The molecule has 0 amide bonds. The predicted octanol–water partition coefficient (Wildman–Crippen LogP) is 1.16. The maximum absolute atomic E-state index is 12.3. The summed E-state index contributed by atoms with van der Waals surface area (Å²) in [6, 6.07) is 0. The first kappa shape index (κ1) is 16.0. The summed E-state index contributed by atoms with van der Waals surface area (Å²) in [5, 5.41) is 0. The largest absolute Gasteiger partial charge is 0.573 e. The number of pyridine rings is 1. The van der Waals surface area contributed by atoms with Crippen LogP contribution in [0.25, 0.3) is 0 Å². The second-order valence-corrected chi connectivity index (χ2v) is 3.59. The number of ether oxygens (including phenoxy) is 3. The zero-order valence-corrected chi connectivity index (χ0v) is 10.8. The molecule has 0 radical (unpaired) electrons. The Morgan fingerprint density at radius 2 is 2.05 bits per heavy atom. The molecule has 112 valence electrons. The molecule has 0 fully saturated rings. The number of aromatic nitrogens is 1. The minimum absolute atomic E-state index is 0.0281. The fraction of sp³-hybridized carbons (Fsp3) is 0.455. The van der Waals surface area contributed by atoms with E-state index in [1.54, 1.807) is 0 Å². The molecule has 0 aliphatic rings. The quantitative estimate of drug-likeness (QED) is 0.820. The third-order valence-corrected chi connectivity index (χ3v) is 2.34. The normalized spacial score (nSPS) is 11.1. The number of rotatable bonds is 5. The molecule has 1 rings (SSSR count). The molecule has 1 aromatic heterocycles. The average Bonchev–Trinajstić information content (AvgIpc) is 2.38. The van der Waals surface area contributed by atoms with Crippen LogP contribution in [0.4, 0.5) is 13.2 Å². The van der Waals surface area contributed by atoms with E-state index in [2.05, 4.69) is 14.5 Å². The highest BCUT2D eigenvalue weighted by molar-refractivity contribution is 5.75. The van der Waals surface area contributed by atoms with Crippen molar-refractivity contribution in [3.8, 4) is 11.5 Å². The second-order valence-electron chi connectivity index (χ2n) is 3.59. The summed E-state index contributed by atoms with van der Waals surface area (Å²) in [7, 11) is 2.35. The van der Waals surface area contributed by atoms with E-state index in [-0.39, 0.29) is 23.6 Å². The Bertz CT molecular complexity index is 491. The van der Waals surface area contributed by atoms with Gasteiger partial charge in [0.05, 0.1) is 38.1 Å². The third kappa shape index (κ3) is 3.98.